The van der Waals surface area contributed by atoms with Gasteiger partial charge in [-0.15, -0.1) is 0 Å². The number of aromatic nitrogens is 1. The number of hydrogen-bond donors (Lipinski definition) is 1. The van der Waals surface area contributed by atoms with E-state index in [4.69, 9.17) is 0 Å². The number of rotatable bonds is 6. The lowest BCUT2D eigenvalue weighted by Crippen LogP contribution is -2.33. The zero-order chi connectivity index (χ0) is 13.8. The van der Waals surface area contributed by atoms with E-state index in [2.05, 4.69) is 25.6 Å². The summed E-state index contributed by atoms with van der Waals surface area (Å²) in [6.45, 7) is 1.75. The maximum absolute atomic E-state index is 12.0. The van der Waals surface area contributed by atoms with Gasteiger partial charge in [0.15, 0.2) is 0 Å². The van der Waals surface area contributed by atoms with Crippen LogP contribution in [0.4, 0.5) is 0 Å². The molecule has 0 radical (unpaired) electrons. The minimum absolute atomic E-state index is 0.112. The number of hydrogen-bond acceptors (Lipinski definition) is 4. The molecule has 1 N–H and O–H groups in total. The van der Waals surface area contributed by atoms with Crippen molar-refractivity contribution < 1.29 is 12.6 Å². The molecule has 1 rings (SSSR count). The van der Waals surface area contributed by atoms with Crippen molar-refractivity contribution in [1.82, 2.24) is 9.71 Å². The predicted molar refractivity (Wildman–Crippen MR) is 75.3 cm³/mol. The molecule has 102 valence electrons. The van der Waals surface area contributed by atoms with Crippen molar-refractivity contribution in [2.45, 2.75) is 24.3 Å². The minimum atomic E-state index is -3.57. The lowest BCUT2D eigenvalue weighted by atomic mass is 10.3. The van der Waals surface area contributed by atoms with E-state index in [1.807, 2.05) is 0 Å². The van der Waals surface area contributed by atoms with Gasteiger partial charge in [-0.3, -0.25) is 9.19 Å². The molecule has 0 aliphatic heterocycles. The SMILES string of the molecule is CC(CCS(C)=O)NS(=O)(=O)c1cncc(Br)c1. The summed E-state index contributed by atoms with van der Waals surface area (Å²) < 4.78 is 38.1. The van der Waals surface area contributed by atoms with Gasteiger partial charge in [0.2, 0.25) is 10.0 Å². The highest BCUT2D eigenvalue weighted by Gasteiger charge is 2.18. The average molecular weight is 355 g/mol. The van der Waals surface area contributed by atoms with E-state index >= 15 is 0 Å². The zero-order valence-corrected chi connectivity index (χ0v) is 13.3. The first-order chi connectivity index (χ1) is 8.31. The average Bonchev–Trinajstić information content (AvgIpc) is 2.26. The lowest BCUT2D eigenvalue weighted by molar-refractivity contribution is 0.555. The van der Waals surface area contributed by atoms with Gasteiger partial charge in [-0.1, -0.05) is 0 Å². The Hall–Kier alpha value is -0.310. The van der Waals surface area contributed by atoms with Crippen molar-refractivity contribution in [1.29, 1.82) is 0 Å². The van der Waals surface area contributed by atoms with E-state index in [1.54, 1.807) is 13.2 Å². The highest BCUT2D eigenvalue weighted by molar-refractivity contribution is 9.10. The van der Waals surface area contributed by atoms with E-state index in [9.17, 15) is 12.6 Å². The quantitative estimate of drug-likeness (QED) is 0.834. The molecule has 18 heavy (non-hydrogen) atoms. The van der Waals surface area contributed by atoms with Crippen molar-refractivity contribution in [3.8, 4) is 0 Å². The first-order valence-electron chi connectivity index (χ1n) is 5.24. The third-order valence-corrected chi connectivity index (χ3v) is 4.99. The highest BCUT2D eigenvalue weighted by Crippen LogP contribution is 2.14. The summed E-state index contributed by atoms with van der Waals surface area (Å²) in [5.74, 6) is 0.473. The van der Waals surface area contributed by atoms with Crippen LogP contribution < -0.4 is 4.72 Å². The van der Waals surface area contributed by atoms with Crippen LogP contribution in [-0.2, 0) is 20.8 Å². The fourth-order valence-electron chi connectivity index (χ4n) is 1.27. The largest absolute Gasteiger partial charge is 0.262 e. The molecule has 0 aromatic carbocycles. The normalized spacial score (nSPS) is 15.3. The van der Waals surface area contributed by atoms with Crippen molar-refractivity contribution in [2.24, 2.45) is 0 Å². The molecular weight excluding hydrogens is 340 g/mol. The Labute approximate surface area is 118 Å². The van der Waals surface area contributed by atoms with Crippen molar-refractivity contribution in [2.75, 3.05) is 12.0 Å². The fourth-order valence-corrected chi connectivity index (χ4v) is 3.74. The number of pyridine rings is 1. The number of nitrogens with zero attached hydrogens (tertiary/aromatic N) is 1. The van der Waals surface area contributed by atoms with Gasteiger partial charge in [-0.25, -0.2) is 13.1 Å². The van der Waals surface area contributed by atoms with Crippen LogP contribution in [0.15, 0.2) is 27.8 Å². The summed E-state index contributed by atoms with van der Waals surface area (Å²) in [4.78, 5) is 3.93. The third kappa shape index (κ3) is 5.13. The first-order valence-corrected chi connectivity index (χ1v) is 9.24. The molecule has 2 atom stereocenters. The Bertz CT molecular complexity index is 534. The van der Waals surface area contributed by atoms with Gasteiger partial charge < -0.3 is 0 Å². The molecular formula is C10H15BrN2O3S2. The summed E-state index contributed by atoms with van der Waals surface area (Å²) in [7, 11) is -4.49. The van der Waals surface area contributed by atoms with Crippen LogP contribution in [-0.4, -0.2) is 35.7 Å². The highest BCUT2D eigenvalue weighted by atomic mass is 79.9. The fraction of sp³-hybridized carbons (Fsp3) is 0.500. The molecule has 1 aromatic rings. The second-order valence-electron chi connectivity index (χ2n) is 3.93. The molecule has 0 amide bonds. The maximum atomic E-state index is 12.0. The van der Waals surface area contributed by atoms with E-state index < -0.39 is 20.8 Å². The van der Waals surface area contributed by atoms with E-state index in [0.29, 0.717) is 16.6 Å². The van der Waals surface area contributed by atoms with Crippen molar-refractivity contribution in [3.63, 3.8) is 0 Å². The molecule has 8 heteroatoms. The molecule has 0 fully saturated rings. The molecule has 0 aliphatic rings. The Kier molecular flexibility index (Phi) is 5.90. The number of halogens is 1. The summed E-state index contributed by atoms with van der Waals surface area (Å²) in [5.41, 5.74) is 0. The zero-order valence-electron chi connectivity index (χ0n) is 10.1. The van der Waals surface area contributed by atoms with Gasteiger partial charge >= 0.3 is 0 Å². The maximum Gasteiger partial charge on any atom is 0.242 e. The van der Waals surface area contributed by atoms with Crippen molar-refractivity contribution >= 4 is 36.8 Å². The summed E-state index contributed by atoms with van der Waals surface area (Å²) in [6, 6.07) is 1.22. The minimum Gasteiger partial charge on any atom is -0.262 e. The summed E-state index contributed by atoms with van der Waals surface area (Å²) in [5, 5.41) is 0. The summed E-state index contributed by atoms with van der Waals surface area (Å²) >= 11 is 3.18. The molecule has 1 heterocycles. The molecule has 0 aliphatic carbocycles. The lowest BCUT2D eigenvalue weighted by Gasteiger charge is -2.13. The van der Waals surface area contributed by atoms with E-state index in [0.717, 1.165) is 0 Å². The van der Waals surface area contributed by atoms with E-state index in [-0.39, 0.29) is 10.9 Å². The third-order valence-electron chi connectivity index (χ3n) is 2.18. The van der Waals surface area contributed by atoms with Crippen LogP contribution in [0.1, 0.15) is 13.3 Å². The molecule has 2 unspecified atom stereocenters. The van der Waals surface area contributed by atoms with Gasteiger partial charge in [-0.2, -0.15) is 0 Å². The van der Waals surface area contributed by atoms with Gasteiger partial charge in [-0.05, 0) is 35.3 Å². The van der Waals surface area contributed by atoms with Crippen LogP contribution in [0.5, 0.6) is 0 Å². The smallest absolute Gasteiger partial charge is 0.242 e. The molecule has 5 nitrogen and oxygen atoms in total. The molecule has 1 aromatic heterocycles. The predicted octanol–water partition coefficient (Wildman–Crippen LogP) is 1.28. The monoisotopic (exact) mass is 354 g/mol. The molecule has 0 spiro atoms. The van der Waals surface area contributed by atoms with Crippen LogP contribution in [0.2, 0.25) is 0 Å². The number of sulfonamides is 1. The number of nitrogens with one attached hydrogen (secondary N) is 1. The van der Waals surface area contributed by atoms with Gasteiger partial charge in [0.25, 0.3) is 0 Å². The molecule has 0 saturated heterocycles. The van der Waals surface area contributed by atoms with Crippen LogP contribution in [0, 0.1) is 0 Å². The van der Waals surface area contributed by atoms with Crippen LogP contribution in [0.3, 0.4) is 0 Å². The molecule has 0 bridgehead atoms. The van der Waals surface area contributed by atoms with Gasteiger partial charge in [0, 0.05) is 45.7 Å². The van der Waals surface area contributed by atoms with E-state index in [1.165, 1.54) is 18.5 Å². The summed E-state index contributed by atoms with van der Waals surface area (Å²) in [6.07, 6.45) is 4.93. The van der Waals surface area contributed by atoms with Crippen LogP contribution >= 0.6 is 15.9 Å². The Morgan fingerprint density at radius 1 is 1.50 bits per heavy atom. The van der Waals surface area contributed by atoms with Gasteiger partial charge in [0.1, 0.15) is 4.90 Å². The molecule has 0 saturated carbocycles. The first kappa shape index (κ1) is 15.7. The second-order valence-corrected chi connectivity index (χ2v) is 8.11. The topological polar surface area (TPSA) is 76.1 Å². The standard InChI is InChI=1S/C10H15BrN2O3S2/c1-8(3-4-17(2)14)13-18(15,16)10-5-9(11)6-12-7-10/h5-8,13H,3-4H2,1-2H3. The Morgan fingerprint density at radius 3 is 2.72 bits per heavy atom. The Balaban J connectivity index is 2.73. The van der Waals surface area contributed by atoms with Gasteiger partial charge in [0.05, 0.1) is 0 Å². The second kappa shape index (κ2) is 6.74. The van der Waals surface area contributed by atoms with Crippen molar-refractivity contribution in [3.05, 3.63) is 22.9 Å². The Morgan fingerprint density at radius 2 is 2.17 bits per heavy atom. The van der Waals surface area contributed by atoms with Crippen LogP contribution in [0.25, 0.3) is 0 Å².